The predicted molar refractivity (Wildman–Crippen MR) is 99.5 cm³/mol. The van der Waals surface area contributed by atoms with Crippen molar-refractivity contribution in [2.45, 2.75) is 13.8 Å². The molecule has 0 fully saturated rings. The average Bonchev–Trinajstić information content (AvgIpc) is 3.12. The molecule has 26 heavy (non-hydrogen) atoms. The SMILES string of the molecule is CC(/C=C\c1ccc2c(c1)OCO2)=NNC(=O)COc1ccccc1C. The third-order valence-electron chi connectivity index (χ3n) is 3.72. The van der Waals surface area contributed by atoms with Gasteiger partial charge in [-0.05, 0) is 49.2 Å². The van der Waals surface area contributed by atoms with Gasteiger partial charge in [-0.3, -0.25) is 4.79 Å². The Balaban J connectivity index is 1.50. The number of aryl methyl sites for hydroxylation is 1. The summed E-state index contributed by atoms with van der Waals surface area (Å²) in [4.78, 5) is 11.8. The summed E-state index contributed by atoms with van der Waals surface area (Å²) in [7, 11) is 0. The van der Waals surface area contributed by atoms with Crippen molar-refractivity contribution in [1.29, 1.82) is 0 Å². The molecule has 1 aliphatic heterocycles. The highest BCUT2D eigenvalue weighted by Gasteiger charge is 2.12. The molecular formula is C20H20N2O4. The van der Waals surface area contributed by atoms with Crippen LogP contribution >= 0.6 is 0 Å². The molecule has 134 valence electrons. The number of para-hydroxylation sites is 1. The van der Waals surface area contributed by atoms with E-state index in [1.54, 1.807) is 13.0 Å². The monoisotopic (exact) mass is 352 g/mol. The minimum atomic E-state index is -0.316. The van der Waals surface area contributed by atoms with Gasteiger partial charge >= 0.3 is 0 Å². The quantitative estimate of drug-likeness (QED) is 0.640. The molecule has 1 heterocycles. The van der Waals surface area contributed by atoms with E-state index in [1.807, 2.05) is 55.5 Å². The van der Waals surface area contributed by atoms with Gasteiger partial charge in [-0.2, -0.15) is 5.10 Å². The zero-order valence-electron chi connectivity index (χ0n) is 14.7. The van der Waals surface area contributed by atoms with Gasteiger partial charge in [-0.15, -0.1) is 0 Å². The highest BCUT2D eigenvalue weighted by molar-refractivity contribution is 5.97. The molecule has 0 radical (unpaired) electrons. The van der Waals surface area contributed by atoms with E-state index in [4.69, 9.17) is 14.2 Å². The maximum Gasteiger partial charge on any atom is 0.277 e. The zero-order valence-corrected chi connectivity index (χ0v) is 14.7. The fourth-order valence-corrected chi connectivity index (χ4v) is 2.32. The van der Waals surface area contributed by atoms with Crippen LogP contribution in [-0.2, 0) is 4.79 Å². The van der Waals surface area contributed by atoms with Gasteiger partial charge in [0.15, 0.2) is 18.1 Å². The molecule has 1 aliphatic rings. The van der Waals surface area contributed by atoms with E-state index in [-0.39, 0.29) is 19.3 Å². The number of fused-ring (bicyclic) bond motifs is 1. The molecule has 0 saturated heterocycles. The Labute approximate surface area is 152 Å². The van der Waals surface area contributed by atoms with Gasteiger partial charge in [0.2, 0.25) is 6.79 Å². The number of ether oxygens (including phenoxy) is 3. The van der Waals surface area contributed by atoms with Gasteiger partial charge in [0.1, 0.15) is 5.75 Å². The molecule has 0 atom stereocenters. The van der Waals surface area contributed by atoms with Crippen molar-refractivity contribution < 1.29 is 19.0 Å². The molecular weight excluding hydrogens is 332 g/mol. The van der Waals surface area contributed by atoms with Gasteiger partial charge in [0, 0.05) is 0 Å². The lowest BCUT2D eigenvalue weighted by Crippen LogP contribution is -2.25. The topological polar surface area (TPSA) is 69.2 Å². The number of carbonyl (C=O) groups excluding carboxylic acids is 1. The Morgan fingerprint density at radius 2 is 2.04 bits per heavy atom. The molecule has 0 saturated carbocycles. The first kappa shape index (κ1) is 17.5. The first-order valence-electron chi connectivity index (χ1n) is 8.21. The van der Waals surface area contributed by atoms with Gasteiger partial charge in [0.25, 0.3) is 5.91 Å². The maximum atomic E-state index is 11.8. The number of amides is 1. The Bertz CT molecular complexity index is 859. The number of hydrazone groups is 1. The minimum Gasteiger partial charge on any atom is -0.483 e. The van der Waals surface area contributed by atoms with E-state index in [1.165, 1.54) is 0 Å². The normalized spacial score (nSPS) is 13.1. The van der Waals surface area contributed by atoms with Crippen molar-refractivity contribution in [3.05, 3.63) is 59.7 Å². The molecule has 0 spiro atoms. The van der Waals surface area contributed by atoms with Crippen molar-refractivity contribution in [3.63, 3.8) is 0 Å². The summed E-state index contributed by atoms with van der Waals surface area (Å²) >= 11 is 0. The largest absolute Gasteiger partial charge is 0.483 e. The first-order chi connectivity index (χ1) is 12.6. The van der Waals surface area contributed by atoms with E-state index in [0.717, 1.165) is 22.6 Å². The predicted octanol–water partition coefficient (Wildman–Crippen LogP) is 3.31. The zero-order chi connectivity index (χ0) is 18.4. The second-order valence-electron chi connectivity index (χ2n) is 5.79. The number of hydrogen-bond acceptors (Lipinski definition) is 5. The smallest absolute Gasteiger partial charge is 0.277 e. The Kier molecular flexibility index (Phi) is 5.53. The molecule has 2 aromatic carbocycles. The summed E-state index contributed by atoms with van der Waals surface area (Å²) in [6.07, 6.45) is 3.69. The van der Waals surface area contributed by atoms with Crippen molar-refractivity contribution in [2.24, 2.45) is 5.10 Å². The molecule has 2 aromatic rings. The molecule has 1 N–H and O–H groups in total. The van der Waals surface area contributed by atoms with Crippen LogP contribution in [0, 0.1) is 6.92 Å². The lowest BCUT2D eigenvalue weighted by atomic mass is 10.2. The molecule has 0 aromatic heterocycles. The lowest BCUT2D eigenvalue weighted by molar-refractivity contribution is -0.123. The maximum absolute atomic E-state index is 11.8. The summed E-state index contributed by atoms with van der Waals surface area (Å²) in [5, 5.41) is 4.04. The van der Waals surface area contributed by atoms with Crippen LogP contribution in [0.25, 0.3) is 6.08 Å². The van der Waals surface area contributed by atoms with Crippen molar-refractivity contribution >= 4 is 17.7 Å². The van der Waals surface area contributed by atoms with Gasteiger partial charge in [-0.25, -0.2) is 5.43 Å². The van der Waals surface area contributed by atoms with Crippen LogP contribution in [-0.4, -0.2) is 25.0 Å². The fourth-order valence-electron chi connectivity index (χ4n) is 2.32. The van der Waals surface area contributed by atoms with Crippen LogP contribution in [0.2, 0.25) is 0 Å². The Morgan fingerprint density at radius 1 is 1.23 bits per heavy atom. The van der Waals surface area contributed by atoms with E-state index >= 15 is 0 Å². The van der Waals surface area contributed by atoms with Crippen molar-refractivity contribution in [1.82, 2.24) is 5.43 Å². The second-order valence-corrected chi connectivity index (χ2v) is 5.79. The van der Waals surface area contributed by atoms with Crippen LogP contribution in [0.5, 0.6) is 17.2 Å². The van der Waals surface area contributed by atoms with Gasteiger partial charge in [-0.1, -0.05) is 30.3 Å². The van der Waals surface area contributed by atoms with Crippen molar-refractivity contribution in [2.75, 3.05) is 13.4 Å². The molecule has 0 unspecified atom stereocenters. The number of allylic oxidation sites excluding steroid dienone is 1. The Morgan fingerprint density at radius 3 is 2.88 bits per heavy atom. The molecule has 0 aliphatic carbocycles. The highest BCUT2D eigenvalue weighted by Crippen LogP contribution is 2.32. The van der Waals surface area contributed by atoms with E-state index in [9.17, 15) is 4.79 Å². The number of nitrogens with zero attached hydrogens (tertiary/aromatic N) is 1. The van der Waals surface area contributed by atoms with E-state index in [2.05, 4.69) is 10.5 Å². The number of hydrogen-bond donors (Lipinski definition) is 1. The van der Waals surface area contributed by atoms with Crippen LogP contribution < -0.4 is 19.6 Å². The van der Waals surface area contributed by atoms with Crippen LogP contribution in [0.3, 0.4) is 0 Å². The van der Waals surface area contributed by atoms with E-state index < -0.39 is 0 Å². The highest BCUT2D eigenvalue weighted by atomic mass is 16.7. The number of benzene rings is 2. The average molecular weight is 352 g/mol. The fraction of sp³-hybridized carbons (Fsp3) is 0.200. The van der Waals surface area contributed by atoms with Crippen LogP contribution in [0.15, 0.2) is 53.6 Å². The third-order valence-corrected chi connectivity index (χ3v) is 3.72. The summed E-state index contributed by atoms with van der Waals surface area (Å²) < 4.78 is 16.1. The number of rotatable bonds is 6. The molecule has 1 amide bonds. The second kappa shape index (κ2) is 8.20. The molecule has 3 rings (SSSR count). The van der Waals surface area contributed by atoms with Crippen LogP contribution in [0.1, 0.15) is 18.1 Å². The van der Waals surface area contributed by atoms with Crippen LogP contribution in [0.4, 0.5) is 0 Å². The molecule has 6 nitrogen and oxygen atoms in total. The number of nitrogens with one attached hydrogen (secondary N) is 1. The van der Waals surface area contributed by atoms with E-state index in [0.29, 0.717) is 11.5 Å². The Hall–Kier alpha value is -3.28. The van der Waals surface area contributed by atoms with Crippen molar-refractivity contribution in [3.8, 4) is 17.2 Å². The number of carbonyl (C=O) groups is 1. The van der Waals surface area contributed by atoms with Gasteiger partial charge < -0.3 is 14.2 Å². The molecule has 6 heteroatoms. The lowest BCUT2D eigenvalue weighted by Gasteiger charge is -2.07. The minimum absolute atomic E-state index is 0.0898. The summed E-state index contributed by atoms with van der Waals surface area (Å²) in [5.74, 6) is 1.84. The summed E-state index contributed by atoms with van der Waals surface area (Å²) in [6, 6.07) is 13.2. The summed E-state index contributed by atoms with van der Waals surface area (Å²) in [5.41, 5.74) is 5.07. The first-order valence-corrected chi connectivity index (χ1v) is 8.21. The summed E-state index contributed by atoms with van der Waals surface area (Å²) in [6.45, 7) is 3.88. The standard InChI is InChI=1S/C20H20N2O4/c1-14-5-3-4-6-17(14)24-12-20(23)22-21-15(2)7-8-16-9-10-18-19(11-16)26-13-25-18/h3-11H,12-13H2,1-2H3,(H,22,23)/b8-7-,21-15?. The van der Waals surface area contributed by atoms with Gasteiger partial charge in [0.05, 0.1) is 5.71 Å². The third kappa shape index (κ3) is 4.63. The molecule has 0 bridgehead atoms.